The molecule has 0 bridgehead atoms. The monoisotopic (exact) mass is 509 g/mol. The van der Waals surface area contributed by atoms with Crippen LogP contribution in [0.3, 0.4) is 0 Å². The van der Waals surface area contributed by atoms with E-state index in [0.717, 1.165) is 11.1 Å². The van der Waals surface area contributed by atoms with Crippen LogP contribution < -0.4 is 18.9 Å². The van der Waals surface area contributed by atoms with Gasteiger partial charge in [0.25, 0.3) is 0 Å². The summed E-state index contributed by atoms with van der Waals surface area (Å²) in [5.74, 6) is 1.48. The van der Waals surface area contributed by atoms with Crippen LogP contribution in [0.4, 0.5) is 4.79 Å². The second-order valence-corrected chi connectivity index (χ2v) is 9.27. The van der Waals surface area contributed by atoms with Crippen LogP contribution in [-0.2, 0) is 25.4 Å². The SMILES string of the molecule is CC[C@@H]1COC(=O)N1[C@@H]1OC(C(=O)OC)=C[C@H](c2ccc3c(c2)OCO3)[C@H]1Cc1ccc2c(c1)OCO2. The Kier molecular flexibility index (Phi) is 5.94. The molecule has 194 valence electrons. The van der Waals surface area contributed by atoms with Crippen molar-refractivity contribution < 1.29 is 42.7 Å². The van der Waals surface area contributed by atoms with Crippen LogP contribution in [0.1, 0.15) is 30.4 Å². The summed E-state index contributed by atoms with van der Waals surface area (Å²) in [7, 11) is 1.30. The molecule has 0 spiro atoms. The Balaban J connectivity index is 1.45. The van der Waals surface area contributed by atoms with Crippen LogP contribution >= 0.6 is 0 Å². The van der Waals surface area contributed by atoms with E-state index in [1.165, 1.54) is 7.11 Å². The second kappa shape index (κ2) is 9.42. The molecule has 10 nitrogen and oxygen atoms in total. The van der Waals surface area contributed by atoms with Crippen LogP contribution in [0, 0.1) is 5.92 Å². The predicted molar refractivity (Wildman–Crippen MR) is 127 cm³/mol. The van der Waals surface area contributed by atoms with Crippen molar-refractivity contribution in [1.29, 1.82) is 0 Å². The zero-order chi connectivity index (χ0) is 25.5. The number of fused-ring (bicyclic) bond motifs is 2. The maximum atomic E-state index is 13.0. The number of allylic oxidation sites excluding steroid dienone is 1. The van der Waals surface area contributed by atoms with Gasteiger partial charge in [0, 0.05) is 11.8 Å². The first-order valence-corrected chi connectivity index (χ1v) is 12.3. The number of methoxy groups -OCH3 is 1. The lowest BCUT2D eigenvalue weighted by atomic mass is 9.78. The molecule has 37 heavy (non-hydrogen) atoms. The minimum atomic E-state index is -0.778. The fraction of sp³-hybridized carbons (Fsp3) is 0.407. The molecule has 1 saturated heterocycles. The number of hydrogen-bond acceptors (Lipinski definition) is 9. The maximum absolute atomic E-state index is 13.0. The summed E-state index contributed by atoms with van der Waals surface area (Å²) >= 11 is 0. The standard InChI is InChI=1S/C27H27NO9/c1-3-17-12-32-27(30)28(17)25-19(8-15-4-6-20-22(9-15)35-13-33-20)18(11-24(37-25)26(29)31-2)16-5-7-21-23(10-16)36-14-34-21/h4-7,9-11,17-19,25H,3,8,12-14H2,1-2H3/t17-,18-,19-,25-/m1/s1. The van der Waals surface area contributed by atoms with E-state index in [1.807, 2.05) is 43.3 Å². The summed E-state index contributed by atoms with van der Waals surface area (Å²) in [5, 5.41) is 0. The number of hydrogen-bond donors (Lipinski definition) is 0. The number of nitrogens with zero attached hydrogens (tertiary/aromatic N) is 1. The van der Waals surface area contributed by atoms with Gasteiger partial charge in [-0.15, -0.1) is 0 Å². The van der Waals surface area contributed by atoms with Crippen LogP contribution in [0.25, 0.3) is 0 Å². The van der Waals surface area contributed by atoms with Gasteiger partial charge in [-0.25, -0.2) is 9.59 Å². The number of carbonyl (C=O) groups excluding carboxylic acids is 2. The molecular formula is C27H27NO9. The Morgan fingerprint density at radius 2 is 1.68 bits per heavy atom. The summed E-state index contributed by atoms with van der Waals surface area (Å²) in [6.07, 6.45) is 1.71. The van der Waals surface area contributed by atoms with E-state index >= 15 is 0 Å². The van der Waals surface area contributed by atoms with Gasteiger partial charge >= 0.3 is 12.1 Å². The van der Waals surface area contributed by atoms with E-state index in [1.54, 1.807) is 11.0 Å². The van der Waals surface area contributed by atoms with Crippen LogP contribution in [-0.4, -0.2) is 56.5 Å². The first-order chi connectivity index (χ1) is 18.1. The number of ether oxygens (including phenoxy) is 7. The van der Waals surface area contributed by atoms with Crippen molar-refractivity contribution in [3.63, 3.8) is 0 Å². The Morgan fingerprint density at radius 1 is 0.973 bits per heavy atom. The van der Waals surface area contributed by atoms with Gasteiger partial charge in [0.15, 0.2) is 29.2 Å². The molecule has 2 aromatic rings. The summed E-state index contributed by atoms with van der Waals surface area (Å²) < 4.78 is 38.8. The van der Waals surface area contributed by atoms with E-state index in [4.69, 9.17) is 33.2 Å². The van der Waals surface area contributed by atoms with Gasteiger partial charge in [-0.2, -0.15) is 0 Å². The van der Waals surface area contributed by atoms with Crippen molar-refractivity contribution in [2.24, 2.45) is 5.92 Å². The maximum Gasteiger partial charge on any atom is 0.413 e. The molecule has 2 aromatic carbocycles. The van der Waals surface area contributed by atoms with Crippen LogP contribution in [0.15, 0.2) is 48.2 Å². The first kappa shape index (κ1) is 23.3. The average Bonchev–Trinajstić information content (AvgIpc) is 3.67. The highest BCUT2D eigenvalue weighted by Crippen LogP contribution is 2.45. The van der Waals surface area contributed by atoms with Gasteiger partial charge in [-0.3, -0.25) is 4.90 Å². The molecule has 0 unspecified atom stereocenters. The van der Waals surface area contributed by atoms with Crippen molar-refractivity contribution >= 4 is 12.1 Å². The van der Waals surface area contributed by atoms with Crippen molar-refractivity contribution in [2.75, 3.05) is 27.3 Å². The van der Waals surface area contributed by atoms with Crippen molar-refractivity contribution in [3.8, 4) is 23.0 Å². The third kappa shape index (κ3) is 4.16. The lowest BCUT2D eigenvalue weighted by molar-refractivity contribution is -0.147. The van der Waals surface area contributed by atoms with Gasteiger partial charge in [0.1, 0.15) is 6.61 Å². The molecule has 10 heteroatoms. The highest BCUT2D eigenvalue weighted by molar-refractivity contribution is 5.86. The molecular weight excluding hydrogens is 482 g/mol. The van der Waals surface area contributed by atoms with Crippen molar-refractivity contribution in [1.82, 2.24) is 4.90 Å². The molecule has 0 saturated carbocycles. The van der Waals surface area contributed by atoms with Crippen LogP contribution in [0.5, 0.6) is 23.0 Å². The molecule has 0 aliphatic carbocycles. The summed E-state index contributed by atoms with van der Waals surface area (Å²) in [5.41, 5.74) is 1.87. The van der Waals surface area contributed by atoms with E-state index in [-0.39, 0.29) is 43.8 Å². The lowest BCUT2D eigenvalue weighted by Gasteiger charge is -2.42. The molecule has 4 aliphatic rings. The van der Waals surface area contributed by atoms with E-state index < -0.39 is 18.3 Å². The van der Waals surface area contributed by atoms with Gasteiger partial charge in [-0.05, 0) is 54.3 Å². The second-order valence-electron chi connectivity index (χ2n) is 9.27. The molecule has 0 aromatic heterocycles. The Labute approximate surface area is 213 Å². The minimum absolute atomic E-state index is 0.0478. The minimum Gasteiger partial charge on any atom is -0.463 e. The molecule has 1 amide bonds. The Bertz CT molecular complexity index is 1260. The average molecular weight is 510 g/mol. The first-order valence-electron chi connectivity index (χ1n) is 12.3. The highest BCUT2D eigenvalue weighted by Gasteiger charge is 2.48. The van der Waals surface area contributed by atoms with Gasteiger partial charge in [0.05, 0.1) is 13.2 Å². The molecule has 0 N–H and O–H groups in total. The predicted octanol–water partition coefficient (Wildman–Crippen LogP) is 3.73. The molecule has 4 aliphatic heterocycles. The lowest BCUT2D eigenvalue weighted by Crippen LogP contribution is -2.51. The molecule has 4 heterocycles. The summed E-state index contributed by atoms with van der Waals surface area (Å²) in [6, 6.07) is 11.3. The third-order valence-electron chi connectivity index (χ3n) is 7.23. The summed E-state index contributed by atoms with van der Waals surface area (Å²) in [4.78, 5) is 27.3. The molecule has 4 atom stereocenters. The number of rotatable bonds is 6. The Morgan fingerprint density at radius 3 is 2.41 bits per heavy atom. The van der Waals surface area contributed by atoms with Crippen LogP contribution in [0.2, 0.25) is 0 Å². The quantitative estimate of drug-likeness (QED) is 0.539. The highest BCUT2D eigenvalue weighted by atomic mass is 16.7. The number of benzene rings is 2. The van der Waals surface area contributed by atoms with E-state index in [9.17, 15) is 9.59 Å². The summed E-state index contributed by atoms with van der Waals surface area (Å²) in [6.45, 7) is 2.58. The number of cyclic esters (lactones) is 1. The molecule has 1 fully saturated rings. The fourth-order valence-electron chi connectivity index (χ4n) is 5.33. The topological polar surface area (TPSA) is 102 Å². The zero-order valence-corrected chi connectivity index (χ0v) is 20.5. The zero-order valence-electron chi connectivity index (χ0n) is 20.5. The number of amides is 1. The van der Waals surface area contributed by atoms with Crippen molar-refractivity contribution in [3.05, 3.63) is 59.4 Å². The fourth-order valence-corrected chi connectivity index (χ4v) is 5.33. The molecule has 6 rings (SSSR count). The van der Waals surface area contributed by atoms with Gasteiger partial charge < -0.3 is 33.2 Å². The number of carbonyl (C=O) groups is 2. The third-order valence-corrected chi connectivity index (χ3v) is 7.23. The van der Waals surface area contributed by atoms with Gasteiger partial charge in [0.2, 0.25) is 19.3 Å². The smallest absolute Gasteiger partial charge is 0.413 e. The molecule has 0 radical (unpaired) electrons. The van der Waals surface area contributed by atoms with Crippen molar-refractivity contribution in [2.45, 2.75) is 38.0 Å². The van der Waals surface area contributed by atoms with E-state index in [0.29, 0.717) is 35.8 Å². The van der Waals surface area contributed by atoms with E-state index in [2.05, 4.69) is 0 Å². The van der Waals surface area contributed by atoms with Gasteiger partial charge in [-0.1, -0.05) is 19.1 Å². The normalized spacial score (nSPS) is 25.4. The number of esters is 1. The largest absolute Gasteiger partial charge is 0.463 e. The Hall–Kier alpha value is -4.08.